The van der Waals surface area contributed by atoms with Crippen molar-refractivity contribution in [1.29, 1.82) is 0 Å². The van der Waals surface area contributed by atoms with Crippen molar-refractivity contribution < 1.29 is 9.53 Å². The number of nitrogens with zero attached hydrogens (tertiary/aromatic N) is 3. The minimum absolute atomic E-state index is 0.0753. The van der Waals surface area contributed by atoms with Crippen molar-refractivity contribution in [3.8, 4) is 0 Å². The fourth-order valence-electron chi connectivity index (χ4n) is 1.66. The highest BCUT2D eigenvalue weighted by Crippen LogP contribution is 2.20. The number of hydrogen-bond acceptors (Lipinski definition) is 3. The second kappa shape index (κ2) is 5.07. The summed E-state index contributed by atoms with van der Waals surface area (Å²) in [6.07, 6.45) is 3.30. The Morgan fingerprint density at radius 2 is 2.33 bits per heavy atom. The maximum Gasteiger partial charge on any atom is 0.340 e. The van der Waals surface area contributed by atoms with Gasteiger partial charge in [0.1, 0.15) is 5.70 Å². The molecule has 0 amide bonds. The molecule has 0 spiro atoms. The third-order valence-corrected chi connectivity index (χ3v) is 2.47. The first kappa shape index (κ1) is 11.8. The molecule has 0 bridgehead atoms. The van der Waals surface area contributed by atoms with E-state index in [2.05, 4.69) is 19.7 Å². The van der Waals surface area contributed by atoms with Gasteiger partial charge in [-0.2, -0.15) is 0 Å². The van der Waals surface area contributed by atoms with Crippen molar-refractivity contribution in [2.45, 2.75) is 0 Å². The van der Waals surface area contributed by atoms with E-state index in [9.17, 15) is 4.79 Å². The van der Waals surface area contributed by atoms with E-state index in [1.165, 1.54) is 13.2 Å². The molecule has 2 rings (SSSR count). The maximum absolute atomic E-state index is 11.4. The maximum atomic E-state index is 11.4. The highest BCUT2D eigenvalue weighted by Gasteiger charge is 2.08. The Bertz CT molecular complexity index is 666. The highest BCUT2D eigenvalue weighted by atomic mass is 16.5. The minimum atomic E-state index is -0.666. The molecule has 0 unspecified atom stereocenters. The van der Waals surface area contributed by atoms with Crippen LogP contribution in [0.4, 0.5) is 0 Å². The molecule has 0 aliphatic rings. The number of fused-ring (bicyclic) bond motifs is 1. The lowest BCUT2D eigenvalue weighted by atomic mass is 10.1. The predicted octanol–water partition coefficient (Wildman–Crippen LogP) is 2.99. The molecule has 0 aliphatic heterocycles. The summed E-state index contributed by atoms with van der Waals surface area (Å²) in [5.74, 6) is -0.666. The number of carbonyl (C=O) groups excluding carboxylic acids is 1. The van der Waals surface area contributed by atoms with E-state index in [-0.39, 0.29) is 5.70 Å². The van der Waals surface area contributed by atoms with Gasteiger partial charge in [-0.15, -0.1) is 0 Å². The van der Waals surface area contributed by atoms with Gasteiger partial charge in [0, 0.05) is 22.0 Å². The lowest BCUT2D eigenvalue weighted by Crippen LogP contribution is -2.01. The van der Waals surface area contributed by atoms with Crippen LogP contribution in [0.1, 0.15) is 5.56 Å². The summed E-state index contributed by atoms with van der Waals surface area (Å²) in [4.78, 5) is 17.1. The van der Waals surface area contributed by atoms with Gasteiger partial charge < -0.3 is 9.72 Å². The van der Waals surface area contributed by atoms with Gasteiger partial charge in [0.2, 0.25) is 0 Å². The van der Waals surface area contributed by atoms with Crippen molar-refractivity contribution in [3.05, 3.63) is 52.2 Å². The molecule has 0 saturated carbocycles. The number of H-pyrrole nitrogens is 1. The van der Waals surface area contributed by atoms with Gasteiger partial charge in [-0.05, 0) is 29.3 Å². The molecule has 6 heteroatoms. The molecule has 6 nitrogen and oxygen atoms in total. The second-order valence-corrected chi connectivity index (χ2v) is 3.50. The number of nitrogens with one attached hydrogen (secondary N) is 1. The first-order valence-corrected chi connectivity index (χ1v) is 5.17. The Morgan fingerprint density at radius 3 is 3.06 bits per heavy atom. The molecule has 0 fully saturated rings. The smallest absolute Gasteiger partial charge is 0.340 e. The predicted molar refractivity (Wildman–Crippen MR) is 67.4 cm³/mol. The van der Waals surface area contributed by atoms with Crippen LogP contribution in [0.25, 0.3) is 27.4 Å². The molecule has 0 atom stereocenters. The Morgan fingerprint density at radius 1 is 1.50 bits per heavy atom. The molecule has 0 aliphatic carbocycles. The topological polar surface area (TPSA) is 90.9 Å². The van der Waals surface area contributed by atoms with E-state index < -0.39 is 5.97 Å². The summed E-state index contributed by atoms with van der Waals surface area (Å²) < 4.78 is 4.55. The van der Waals surface area contributed by atoms with Crippen molar-refractivity contribution in [3.63, 3.8) is 0 Å². The van der Waals surface area contributed by atoms with Crippen LogP contribution in [0, 0.1) is 0 Å². The van der Waals surface area contributed by atoms with Gasteiger partial charge in [0.15, 0.2) is 0 Å². The molecule has 1 aromatic heterocycles. The minimum Gasteiger partial charge on any atom is -0.466 e. The SMILES string of the molecule is COC(=O)C(=Cc1cccc2[nH]ccc12)N=[N+]=[N-]. The van der Waals surface area contributed by atoms with Gasteiger partial charge in [0.25, 0.3) is 0 Å². The number of benzene rings is 1. The van der Waals surface area contributed by atoms with E-state index in [4.69, 9.17) is 5.53 Å². The van der Waals surface area contributed by atoms with Crippen LogP contribution in [-0.4, -0.2) is 18.1 Å². The number of rotatable bonds is 3. The molecular weight excluding hydrogens is 232 g/mol. The van der Waals surface area contributed by atoms with Crippen molar-refractivity contribution in [2.24, 2.45) is 5.11 Å². The van der Waals surface area contributed by atoms with Crippen LogP contribution in [0.5, 0.6) is 0 Å². The first-order chi connectivity index (χ1) is 8.76. The summed E-state index contributed by atoms with van der Waals surface area (Å²) >= 11 is 0. The Labute approximate surface area is 103 Å². The number of methoxy groups -OCH3 is 1. The van der Waals surface area contributed by atoms with Crippen LogP contribution in [0.3, 0.4) is 0 Å². The first-order valence-electron chi connectivity index (χ1n) is 5.17. The summed E-state index contributed by atoms with van der Waals surface area (Å²) in [6.45, 7) is 0. The number of azide groups is 1. The van der Waals surface area contributed by atoms with Crippen molar-refractivity contribution in [1.82, 2.24) is 4.98 Å². The number of esters is 1. The normalized spacial score (nSPS) is 11.1. The third kappa shape index (κ3) is 2.18. The van der Waals surface area contributed by atoms with Gasteiger partial charge in [-0.3, -0.25) is 0 Å². The molecule has 1 heterocycles. The van der Waals surface area contributed by atoms with Crippen molar-refractivity contribution in [2.75, 3.05) is 7.11 Å². The van der Waals surface area contributed by atoms with E-state index in [1.807, 2.05) is 24.3 Å². The number of ether oxygens (including phenoxy) is 1. The summed E-state index contributed by atoms with van der Waals surface area (Å²) in [6, 6.07) is 7.46. The van der Waals surface area contributed by atoms with Gasteiger partial charge in [0.05, 0.1) is 7.11 Å². The summed E-state index contributed by atoms with van der Waals surface area (Å²) in [5, 5.41) is 4.28. The zero-order chi connectivity index (χ0) is 13.0. The van der Waals surface area contributed by atoms with Gasteiger partial charge in [-0.1, -0.05) is 17.2 Å². The number of carbonyl (C=O) groups is 1. The van der Waals surface area contributed by atoms with E-state index >= 15 is 0 Å². The van der Waals surface area contributed by atoms with Gasteiger partial charge >= 0.3 is 5.97 Å². The Kier molecular flexibility index (Phi) is 3.31. The number of aromatic nitrogens is 1. The molecular formula is C12H10N4O2. The monoisotopic (exact) mass is 242 g/mol. The zero-order valence-corrected chi connectivity index (χ0v) is 9.62. The van der Waals surface area contributed by atoms with Crippen molar-refractivity contribution >= 4 is 22.9 Å². The fraction of sp³-hybridized carbons (Fsp3) is 0.0833. The van der Waals surface area contributed by atoms with Crippen LogP contribution in [-0.2, 0) is 9.53 Å². The zero-order valence-electron chi connectivity index (χ0n) is 9.62. The molecule has 0 radical (unpaired) electrons. The Hall–Kier alpha value is -2.72. The standard InChI is InChI=1S/C12H10N4O2/c1-18-12(17)11(15-16-13)7-8-3-2-4-10-9(8)5-6-14-10/h2-7,14H,1H3. The third-order valence-electron chi connectivity index (χ3n) is 2.47. The average Bonchev–Trinajstić information content (AvgIpc) is 2.86. The van der Waals surface area contributed by atoms with E-state index in [0.29, 0.717) is 0 Å². The van der Waals surface area contributed by atoms with Gasteiger partial charge in [-0.25, -0.2) is 4.79 Å². The quantitative estimate of drug-likeness (QED) is 0.294. The van der Waals surface area contributed by atoms with E-state index in [0.717, 1.165) is 16.5 Å². The molecule has 1 N–H and O–H groups in total. The molecule has 18 heavy (non-hydrogen) atoms. The lowest BCUT2D eigenvalue weighted by Gasteiger charge is -2.00. The van der Waals surface area contributed by atoms with Crippen LogP contribution in [0.15, 0.2) is 41.3 Å². The highest BCUT2D eigenvalue weighted by molar-refractivity contribution is 5.97. The van der Waals surface area contributed by atoms with Crippen LogP contribution < -0.4 is 0 Å². The van der Waals surface area contributed by atoms with Crippen LogP contribution in [0.2, 0.25) is 0 Å². The number of hydrogen-bond donors (Lipinski definition) is 1. The second-order valence-electron chi connectivity index (χ2n) is 3.50. The fourth-order valence-corrected chi connectivity index (χ4v) is 1.66. The number of aromatic amines is 1. The van der Waals surface area contributed by atoms with E-state index in [1.54, 1.807) is 6.20 Å². The molecule has 0 saturated heterocycles. The lowest BCUT2D eigenvalue weighted by molar-refractivity contribution is -0.136. The summed E-state index contributed by atoms with van der Waals surface area (Å²) in [5.41, 5.74) is 10.1. The summed E-state index contributed by atoms with van der Waals surface area (Å²) in [7, 11) is 1.24. The largest absolute Gasteiger partial charge is 0.466 e. The molecule has 2 aromatic rings. The molecule has 1 aromatic carbocycles. The Balaban J connectivity index is 2.56. The average molecular weight is 242 g/mol. The van der Waals surface area contributed by atoms with Crippen LogP contribution >= 0.6 is 0 Å². The molecule has 90 valence electrons.